The molecular formula is C28H48N12O10S. The number of amides is 9. The van der Waals surface area contributed by atoms with E-state index in [2.05, 4.69) is 36.9 Å². The molecule has 0 aliphatic carbocycles. The number of imide groups is 1. The predicted octanol–water partition coefficient (Wildman–Crippen LogP) is -7.02. The van der Waals surface area contributed by atoms with Crippen molar-refractivity contribution in [1.82, 2.24) is 37.2 Å². The van der Waals surface area contributed by atoms with Crippen molar-refractivity contribution in [2.24, 2.45) is 27.9 Å². The summed E-state index contributed by atoms with van der Waals surface area (Å²) in [6.45, 7) is 1.76. The van der Waals surface area contributed by atoms with E-state index in [1.165, 1.54) is 25.6 Å². The van der Waals surface area contributed by atoms with Gasteiger partial charge in [0.05, 0.1) is 31.5 Å². The minimum absolute atomic E-state index is 0.0271. The van der Waals surface area contributed by atoms with Crippen molar-refractivity contribution in [3.8, 4) is 0 Å². The van der Waals surface area contributed by atoms with Crippen LogP contribution in [0.15, 0.2) is 4.99 Å². The van der Waals surface area contributed by atoms with Crippen LogP contribution in [0.5, 0.6) is 0 Å². The number of aliphatic hydroxyl groups is 1. The second kappa shape index (κ2) is 21.9. The maximum Gasteiger partial charge on any atom is 0.249 e. The van der Waals surface area contributed by atoms with E-state index in [9.17, 15) is 48.3 Å². The third kappa shape index (κ3) is 16.5. The van der Waals surface area contributed by atoms with Crippen LogP contribution in [0, 0.1) is 0 Å². The van der Waals surface area contributed by atoms with Gasteiger partial charge in [0.2, 0.25) is 53.2 Å². The first-order chi connectivity index (χ1) is 23.9. The van der Waals surface area contributed by atoms with Gasteiger partial charge in [0, 0.05) is 6.54 Å². The summed E-state index contributed by atoms with van der Waals surface area (Å²) in [6, 6.07) is -7.77. The van der Waals surface area contributed by atoms with E-state index in [0.29, 0.717) is 12.2 Å². The number of rotatable bonds is 22. The van der Waals surface area contributed by atoms with Crippen molar-refractivity contribution < 1.29 is 48.3 Å². The molecule has 7 atom stereocenters. The number of primary amides is 1. The summed E-state index contributed by atoms with van der Waals surface area (Å²) >= 11 is 1.48. The number of nitrogens with two attached hydrogens (primary N) is 4. The summed E-state index contributed by atoms with van der Waals surface area (Å²) in [5.41, 5.74) is 21.8. The van der Waals surface area contributed by atoms with Gasteiger partial charge in [-0.1, -0.05) is 0 Å². The maximum atomic E-state index is 13.2. The Balaban J connectivity index is 2.88. The van der Waals surface area contributed by atoms with Gasteiger partial charge in [-0.05, 0) is 45.1 Å². The van der Waals surface area contributed by atoms with Crippen LogP contribution in [-0.4, -0.2) is 132 Å². The summed E-state index contributed by atoms with van der Waals surface area (Å²) in [6.07, 6.45) is -0.0546. The number of guanidine groups is 1. The quantitative estimate of drug-likeness (QED) is 0.0212. The minimum Gasteiger partial charge on any atom is -0.391 e. The smallest absolute Gasteiger partial charge is 0.249 e. The Labute approximate surface area is 297 Å². The third-order valence-electron chi connectivity index (χ3n) is 7.13. The molecule has 0 aromatic heterocycles. The van der Waals surface area contributed by atoms with Crippen LogP contribution in [0.25, 0.3) is 0 Å². The molecule has 0 spiro atoms. The average Bonchev–Trinajstić information content (AvgIpc) is 3.36. The monoisotopic (exact) mass is 744 g/mol. The van der Waals surface area contributed by atoms with Crippen LogP contribution in [0.4, 0.5) is 0 Å². The SMILES string of the molecule is CSCC[C@H](N)C(=O)N[C@@H](CCCN=C(N)N)C(=O)N[C@H](C(=O)NCC(=O)N[C@@H](CC(N)=O)C(=O)N[C@@H](C)C(=O)N[C@H]1CC(=O)NC1=O)[C@@H](C)O. The fourth-order valence-electron chi connectivity index (χ4n) is 4.37. The Kier molecular flexibility index (Phi) is 18.9. The molecule has 0 aromatic carbocycles. The van der Waals surface area contributed by atoms with Gasteiger partial charge in [-0.3, -0.25) is 53.5 Å². The van der Waals surface area contributed by atoms with Crippen LogP contribution in [0.2, 0.25) is 0 Å². The van der Waals surface area contributed by atoms with E-state index in [0.717, 1.165) is 0 Å². The predicted molar refractivity (Wildman–Crippen MR) is 182 cm³/mol. The van der Waals surface area contributed by atoms with Gasteiger partial charge in [0.25, 0.3) is 0 Å². The molecule has 1 heterocycles. The van der Waals surface area contributed by atoms with Crippen molar-refractivity contribution in [2.75, 3.05) is 25.1 Å². The Morgan fingerprint density at radius 3 is 2.10 bits per heavy atom. The van der Waals surface area contributed by atoms with Gasteiger partial charge < -0.3 is 59.9 Å². The molecule has 0 aromatic rings. The molecule has 23 heteroatoms. The van der Waals surface area contributed by atoms with Crippen molar-refractivity contribution >= 4 is 70.9 Å². The molecule has 1 fully saturated rings. The molecule has 286 valence electrons. The van der Waals surface area contributed by atoms with Crippen molar-refractivity contribution in [1.29, 1.82) is 0 Å². The Morgan fingerprint density at radius 1 is 0.902 bits per heavy atom. The van der Waals surface area contributed by atoms with Crippen molar-refractivity contribution in [2.45, 2.75) is 88.3 Å². The highest BCUT2D eigenvalue weighted by Crippen LogP contribution is 2.05. The van der Waals surface area contributed by atoms with Gasteiger partial charge >= 0.3 is 0 Å². The van der Waals surface area contributed by atoms with Gasteiger partial charge in [0.15, 0.2) is 5.96 Å². The van der Waals surface area contributed by atoms with E-state index in [-0.39, 0.29) is 31.8 Å². The summed E-state index contributed by atoms with van der Waals surface area (Å²) < 4.78 is 0. The van der Waals surface area contributed by atoms with Crippen LogP contribution >= 0.6 is 11.8 Å². The van der Waals surface area contributed by atoms with Crippen LogP contribution < -0.4 is 60.2 Å². The Morgan fingerprint density at radius 2 is 1.55 bits per heavy atom. The first-order valence-electron chi connectivity index (χ1n) is 15.7. The van der Waals surface area contributed by atoms with Crippen LogP contribution in [-0.2, 0) is 43.2 Å². The molecule has 0 bridgehead atoms. The summed E-state index contributed by atoms with van der Waals surface area (Å²) in [5.74, 6) is -7.25. The van der Waals surface area contributed by atoms with E-state index < -0.39 is 108 Å². The zero-order valence-electron chi connectivity index (χ0n) is 28.5. The summed E-state index contributed by atoms with van der Waals surface area (Å²) in [5, 5.41) is 26.1. The number of thioether (sulfide) groups is 1. The van der Waals surface area contributed by atoms with Crippen LogP contribution in [0.1, 0.15) is 46.0 Å². The Hall–Kier alpha value is -5.03. The van der Waals surface area contributed by atoms with Crippen molar-refractivity contribution in [3.63, 3.8) is 0 Å². The number of hydrogen-bond donors (Lipinski definition) is 12. The topological polar surface area (TPSA) is 375 Å². The molecule has 1 aliphatic rings. The molecule has 0 saturated carbocycles. The Bertz CT molecular complexity index is 1340. The highest BCUT2D eigenvalue weighted by Gasteiger charge is 2.34. The number of hydrogen-bond acceptors (Lipinski definition) is 13. The lowest BCUT2D eigenvalue weighted by Gasteiger charge is -2.25. The average molecular weight is 745 g/mol. The number of aliphatic hydroxyl groups excluding tert-OH is 1. The van der Waals surface area contributed by atoms with Gasteiger partial charge in [0.1, 0.15) is 30.2 Å². The van der Waals surface area contributed by atoms with E-state index in [4.69, 9.17) is 22.9 Å². The zero-order valence-corrected chi connectivity index (χ0v) is 29.3. The first-order valence-corrected chi connectivity index (χ1v) is 17.1. The van der Waals surface area contributed by atoms with E-state index >= 15 is 0 Å². The molecule has 9 amide bonds. The third-order valence-corrected chi connectivity index (χ3v) is 7.77. The number of aliphatic imine (C=N–C) groups is 1. The van der Waals surface area contributed by atoms with E-state index in [1.54, 1.807) is 0 Å². The molecule has 16 N–H and O–H groups in total. The molecule has 0 unspecified atom stereocenters. The molecule has 1 saturated heterocycles. The normalized spacial score (nSPS) is 17.2. The largest absolute Gasteiger partial charge is 0.391 e. The highest BCUT2D eigenvalue weighted by molar-refractivity contribution is 7.98. The highest BCUT2D eigenvalue weighted by atomic mass is 32.2. The maximum absolute atomic E-state index is 13.2. The number of carbonyl (C=O) groups excluding carboxylic acids is 9. The number of nitrogens with one attached hydrogen (secondary N) is 7. The molecule has 1 aliphatic heterocycles. The molecular weight excluding hydrogens is 696 g/mol. The molecule has 0 radical (unpaired) electrons. The lowest BCUT2D eigenvalue weighted by Crippen LogP contribution is -2.59. The van der Waals surface area contributed by atoms with E-state index in [1.807, 2.05) is 11.6 Å². The molecule has 1 rings (SSSR count). The standard InChI is InChI=1S/C28H48N12O10S/c1-12(22(45)38-17-10-19(43)39-26(17)49)35-25(48)16(9-18(30)42)36-20(44)11-34-27(50)21(13(2)41)40-24(47)15(5-4-7-33-28(31)32)37-23(46)14(29)6-8-51-3/h12-17,21,41H,4-11,29H2,1-3H3,(H2,30,42)(H,34,50)(H,35,48)(H,36,44)(H,37,46)(H,38,45)(H,40,47)(H4,31,32,33)(H,39,43,49)/t12-,13+,14-,15-,16-,17-,21-/m0/s1. The number of nitrogens with zero attached hydrogens (tertiary/aromatic N) is 1. The fourth-order valence-corrected chi connectivity index (χ4v) is 4.86. The van der Waals surface area contributed by atoms with Gasteiger partial charge in [-0.15, -0.1) is 0 Å². The minimum atomic E-state index is -1.62. The molecule has 51 heavy (non-hydrogen) atoms. The van der Waals surface area contributed by atoms with Gasteiger partial charge in [-0.25, -0.2) is 0 Å². The summed E-state index contributed by atoms with van der Waals surface area (Å²) in [4.78, 5) is 115. The van der Waals surface area contributed by atoms with Crippen LogP contribution in [0.3, 0.4) is 0 Å². The lowest BCUT2D eigenvalue weighted by atomic mass is 10.1. The second-order valence-corrected chi connectivity index (χ2v) is 12.5. The van der Waals surface area contributed by atoms with Gasteiger partial charge in [-0.2, -0.15) is 11.8 Å². The first kappa shape index (κ1) is 44.0. The second-order valence-electron chi connectivity index (χ2n) is 11.5. The fraction of sp³-hybridized carbons (Fsp3) is 0.643. The molecule has 22 nitrogen and oxygen atoms in total. The number of carbonyl (C=O) groups is 9. The lowest BCUT2D eigenvalue weighted by molar-refractivity contribution is -0.135. The summed E-state index contributed by atoms with van der Waals surface area (Å²) in [7, 11) is 0. The zero-order chi connectivity index (χ0) is 38.8. The van der Waals surface area contributed by atoms with Crippen molar-refractivity contribution in [3.05, 3.63) is 0 Å².